The molecule has 0 aromatic rings. The molecule has 10 heavy (non-hydrogen) atoms. The summed E-state index contributed by atoms with van der Waals surface area (Å²) in [6, 6.07) is 0. The lowest BCUT2D eigenvalue weighted by atomic mass is 10.5. The maximum atomic E-state index is 10.3. The second-order valence-corrected chi connectivity index (χ2v) is 3.16. The first kappa shape index (κ1) is 9.43. The van der Waals surface area contributed by atoms with E-state index < -0.39 is 0 Å². The van der Waals surface area contributed by atoms with E-state index in [2.05, 4.69) is 0 Å². The molecule has 1 amide bonds. The summed E-state index contributed by atoms with van der Waals surface area (Å²) in [6.07, 6.45) is 2.88. The second kappa shape index (κ2) is 3.56. The normalized spacial score (nSPS) is 11.2. The van der Waals surface area contributed by atoms with Gasteiger partial charge in [0, 0.05) is 0 Å². The highest BCUT2D eigenvalue weighted by Crippen LogP contribution is 1.98. The van der Waals surface area contributed by atoms with Crippen LogP contribution in [0.1, 0.15) is 13.3 Å². The van der Waals surface area contributed by atoms with Gasteiger partial charge in [-0.2, -0.15) is 5.01 Å². The first-order valence-corrected chi connectivity index (χ1v) is 3.49. The Labute approximate surface area is 62.8 Å². The van der Waals surface area contributed by atoms with Gasteiger partial charge in [-0.15, -0.1) is 0 Å². The highest BCUT2D eigenvalue weighted by molar-refractivity contribution is 5.45. The molecule has 0 fully saturated rings. The van der Waals surface area contributed by atoms with Crippen LogP contribution in [0.3, 0.4) is 0 Å². The van der Waals surface area contributed by atoms with Gasteiger partial charge >= 0.3 is 6.41 Å². The Morgan fingerprint density at radius 1 is 1.40 bits per heavy atom. The summed E-state index contributed by atoms with van der Waals surface area (Å²) in [7, 11) is 5.84. The molecule has 1 radical (unpaired) electrons. The van der Waals surface area contributed by atoms with Crippen molar-refractivity contribution >= 4 is 6.41 Å². The molecule has 0 aliphatic carbocycles. The lowest BCUT2D eigenvalue weighted by Gasteiger charge is -2.32. The maximum Gasteiger partial charge on any atom is 0.361 e. The number of nitrogens with zero attached hydrogens (tertiary/aromatic N) is 2. The summed E-state index contributed by atoms with van der Waals surface area (Å²) in [5.74, 6) is 0. The molecule has 0 aromatic heterocycles. The van der Waals surface area contributed by atoms with Crippen LogP contribution in [0.15, 0.2) is 0 Å². The summed E-state index contributed by atoms with van der Waals surface area (Å²) < 4.78 is 0.525. The molecule has 3 nitrogen and oxygen atoms in total. The minimum absolute atomic E-state index is 0.525. The Hall–Kier alpha value is -0.570. The van der Waals surface area contributed by atoms with Crippen LogP contribution >= 0.6 is 0 Å². The summed E-state index contributed by atoms with van der Waals surface area (Å²) in [5, 5.41) is 1.62. The first-order valence-electron chi connectivity index (χ1n) is 3.49. The predicted molar refractivity (Wildman–Crippen MR) is 40.7 cm³/mol. The Bertz CT molecular complexity index is 107. The summed E-state index contributed by atoms with van der Waals surface area (Å²) in [6.45, 7) is 2.81. The standard InChI is InChI=1S/C7H16N2O/c1-5-6-8(7-10)9(2,3)4/h5-6H2,1-4H3/q+1. The van der Waals surface area contributed by atoms with Crippen LogP contribution in [0.2, 0.25) is 0 Å². The second-order valence-electron chi connectivity index (χ2n) is 3.16. The van der Waals surface area contributed by atoms with Crippen molar-refractivity contribution in [2.24, 2.45) is 0 Å². The van der Waals surface area contributed by atoms with Crippen molar-refractivity contribution in [3.8, 4) is 0 Å². The van der Waals surface area contributed by atoms with Gasteiger partial charge in [0.1, 0.15) is 0 Å². The zero-order valence-electron chi connectivity index (χ0n) is 7.22. The zero-order valence-corrected chi connectivity index (χ0v) is 7.22. The fourth-order valence-corrected chi connectivity index (χ4v) is 0.680. The molecule has 0 saturated carbocycles. The smallest absolute Gasteiger partial charge is 0.258 e. The molecule has 0 N–H and O–H groups in total. The van der Waals surface area contributed by atoms with Crippen molar-refractivity contribution in [2.75, 3.05) is 27.7 Å². The molecule has 0 unspecified atom stereocenters. The molecular weight excluding hydrogens is 128 g/mol. The predicted octanol–water partition coefficient (Wildman–Crippen LogP) is 0.387. The molecule has 0 bridgehead atoms. The van der Waals surface area contributed by atoms with E-state index in [-0.39, 0.29) is 0 Å². The lowest BCUT2D eigenvalue weighted by Crippen LogP contribution is -2.51. The monoisotopic (exact) mass is 144 g/mol. The molecule has 0 saturated heterocycles. The first-order chi connectivity index (χ1) is 4.52. The van der Waals surface area contributed by atoms with Crippen LogP contribution < -0.4 is 0 Å². The Morgan fingerprint density at radius 3 is 2.00 bits per heavy atom. The third kappa shape index (κ3) is 2.82. The number of hydrogen-bond acceptors (Lipinski definition) is 1. The van der Waals surface area contributed by atoms with Crippen LogP contribution in [0.4, 0.5) is 0 Å². The van der Waals surface area contributed by atoms with Crippen molar-refractivity contribution in [2.45, 2.75) is 13.3 Å². The number of amides is 1. The zero-order chi connectivity index (χ0) is 8.20. The van der Waals surface area contributed by atoms with Gasteiger partial charge in [0.25, 0.3) is 0 Å². The molecule has 3 heteroatoms. The van der Waals surface area contributed by atoms with Crippen LogP contribution in [0.25, 0.3) is 0 Å². The number of hydrogen-bond donors (Lipinski definition) is 0. The van der Waals surface area contributed by atoms with Crippen LogP contribution in [-0.4, -0.2) is 43.7 Å². The van der Waals surface area contributed by atoms with Gasteiger partial charge in [-0.3, -0.25) is 4.79 Å². The molecule has 59 valence electrons. The third-order valence-electron chi connectivity index (χ3n) is 1.27. The fraction of sp³-hybridized carbons (Fsp3) is 0.857. The molecule has 0 aromatic carbocycles. The van der Waals surface area contributed by atoms with Crippen molar-refractivity contribution in [1.82, 2.24) is 5.01 Å². The van der Waals surface area contributed by atoms with Crippen molar-refractivity contribution in [1.29, 1.82) is 0 Å². The summed E-state index contributed by atoms with van der Waals surface area (Å²) in [4.78, 5) is 10.3. The minimum atomic E-state index is 0.525. The van der Waals surface area contributed by atoms with Gasteiger partial charge in [0.15, 0.2) is 0 Å². The SMILES string of the molecule is CCCN([C]=O)[N+](C)(C)C. The average Bonchev–Trinajstić information content (AvgIpc) is 1.80. The van der Waals surface area contributed by atoms with Gasteiger partial charge in [-0.05, 0) is 6.42 Å². The van der Waals surface area contributed by atoms with E-state index in [4.69, 9.17) is 0 Å². The van der Waals surface area contributed by atoms with E-state index >= 15 is 0 Å². The van der Waals surface area contributed by atoms with Crippen molar-refractivity contribution in [3.63, 3.8) is 0 Å². The number of quaternary nitrogens is 1. The molecule has 0 heterocycles. The van der Waals surface area contributed by atoms with Crippen LogP contribution in [0, 0.1) is 0 Å². The molecule has 0 rings (SSSR count). The molecule has 0 aliphatic rings. The molecule has 0 atom stereocenters. The summed E-state index contributed by atoms with van der Waals surface area (Å²) in [5.41, 5.74) is 0. The van der Waals surface area contributed by atoms with E-state index in [1.807, 2.05) is 34.5 Å². The third-order valence-corrected chi connectivity index (χ3v) is 1.27. The summed E-state index contributed by atoms with van der Waals surface area (Å²) >= 11 is 0. The topological polar surface area (TPSA) is 20.3 Å². The maximum absolute atomic E-state index is 10.3. The van der Waals surface area contributed by atoms with E-state index in [9.17, 15) is 4.79 Å². The van der Waals surface area contributed by atoms with E-state index in [0.717, 1.165) is 13.0 Å². The molecule has 0 spiro atoms. The largest absolute Gasteiger partial charge is 0.361 e. The van der Waals surface area contributed by atoms with Crippen molar-refractivity contribution in [3.05, 3.63) is 0 Å². The van der Waals surface area contributed by atoms with Gasteiger partial charge in [-0.25, -0.2) is 4.59 Å². The average molecular weight is 144 g/mol. The quantitative estimate of drug-likeness (QED) is 0.317. The molecule has 0 aliphatic heterocycles. The number of rotatable bonds is 4. The fourth-order valence-electron chi connectivity index (χ4n) is 0.680. The highest BCUT2D eigenvalue weighted by atomic mass is 16.2. The molecular formula is C7H16N2O+. The highest BCUT2D eigenvalue weighted by Gasteiger charge is 2.17. The van der Waals surface area contributed by atoms with Gasteiger partial charge in [-0.1, -0.05) is 6.92 Å². The van der Waals surface area contributed by atoms with Gasteiger partial charge in [0.2, 0.25) is 0 Å². The number of carbonyl (C=O) groups excluding carboxylic acids is 1. The van der Waals surface area contributed by atoms with Crippen molar-refractivity contribution < 1.29 is 9.39 Å². The van der Waals surface area contributed by atoms with Crippen LogP contribution in [0.5, 0.6) is 0 Å². The van der Waals surface area contributed by atoms with E-state index in [0.29, 0.717) is 4.59 Å². The minimum Gasteiger partial charge on any atom is -0.258 e. The van der Waals surface area contributed by atoms with Crippen LogP contribution in [-0.2, 0) is 4.79 Å². The van der Waals surface area contributed by atoms with Gasteiger partial charge in [0.05, 0.1) is 27.7 Å². The van der Waals surface area contributed by atoms with E-state index in [1.54, 1.807) is 5.01 Å². The Balaban J connectivity index is 3.93. The Morgan fingerprint density at radius 2 is 1.90 bits per heavy atom. The lowest BCUT2D eigenvalue weighted by molar-refractivity contribution is -0.971. The van der Waals surface area contributed by atoms with E-state index in [1.165, 1.54) is 0 Å². The van der Waals surface area contributed by atoms with Gasteiger partial charge < -0.3 is 0 Å². The Kier molecular flexibility index (Phi) is 3.36.